The number of hydrogen-bond acceptors (Lipinski definition) is 3. The van der Waals surface area contributed by atoms with Crippen molar-refractivity contribution in [2.45, 2.75) is 97.0 Å². The van der Waals surface area contributed by atoms with Crippen LogP contribution in [0.5, 0.6) is 0 Å². The Morgan fingerprint density at radius 2 is 1.52 bits per heavy atom. The molecule has 2 N–H and O–H groups in total. The summed E-state index contributed by atoms with van der Waals surface area (Å²) in [6, 6.07) is 0. The second-order valence-corrected chi connectivity index (χ2v) is 6.93. The molecule has 0 spiro atoms. The van der Waals surface area contributed by atoms with Crippen molar-refractivity contribution < 1.29 is 14.6 Å². The molecule has 0 aromatic carbocycles. The molecular weight excluding hydrogens is 290 g/mol. The molecule has 0 aliphatic carbocycles. The summed E-state index contributed by atoms with van der Waals surface area (Å²) < 4.78 is 5.89. The molecule has 1 atom stereocenters. The highest BCUT2D eigenvalue weighted by Crippen LogP contribution is 2.21. The zero-order chi connectivity index (χ0) is 17.4. The van der Waals surface area contributed by atoms with Crippen LogP contribution in [0.2, 0.25) is 0 Å². The molecule has 1 aliphatic heterocycles. The van der Waals surface area contributed by atoms with Gasteiger partial charge in [-0.3, -0.25) is 4.79 Å². The number of rotatable bonds is 11. The van der Waals surface area contributed by atoms with Gasteiger partial charge in [0.1, 0.15) is 0 Å². The van der Waals surface area contributed by atoms with Crippen molar-refractivity contribution in [1.82, 2.24) is 5.32 Å². The van der Waals surface area contributed by atoms with Crippen LogP contribution in [0.1, 0.15) is 91.4 Å². The van der Waals surface area contributed by atoms with Crippen LogP contribution in [0.25, 0.3) is 0 Å². The van der Waals surface area contributed by atoms with Crippen molar-refractivity contribution in [2.24, 2.45) is 0 Å². The van der Waals surface area contributed by atoms with E-state index in [1.54, 1.807) is 0 Å². The van der Waals surface area contributed by atoms with E-state index >= 15 is 0 Å². The minimum absolute atomic E-state index is 0.110. The molecule has 1 heterocycles. The second kappa shape index (κ2) is 14.9. The van der Waals surface area contributed by atoms with Crippen LogP contribution in [0.15, 0.2) is 0 Å². The Kier molecular flexibility index (Phi) is 14.6. The molecule has 4 nitrogen and oxygen atoms in total. The van der Waals surface area contributed by atoms with Gasteiger partial charge < -0.3 is 15.2 Å². The molecule has 1 fully saturated rings. The number of ether oxygens (including phenoxy) is 1. The average Bonchev–Trinajstić information content (AvgIpc) is 2.49. The zero-order valence-corrected chi connectivity index (χ0v) is 15.7. The normalized spacial score (nSPS) is 20.7. The highest BCUT2D eigenvalue weighted by atomic mass is 16.5. The van der Waals surface area contributed by atoms with E-state index in [1.165, 1.54) is 70.6 Å². The second-order valence-electron chi connectivity index (χ2n) is 6.93. The van der Waals surface area contributed by atoms with Crippen molar-refractivity contribution in [3.63, 3.8) is 0 Å². The molecule has 23 heavy (non-hydrogen) atoms. The zero-order valence-electron chi connectivity index (χ0n) is 15.7. The van der Waals surface area contributed by atoms with E-state index in [4.69, 9.17) is 14.6 Å². The topological polar surface area (TPSA) is 58.6 Å². The van der Waals surface area contributed by atoms with E-state index in [0.29, 0.717) is 0 Å². The molecule has 0 aromatic rings. The Labute approximate surface area is 143 Å². The van der Waals surface area contributed by atoms with Crippen molar-refractivity contribution in [3.05, 3.63) is 0 Å². The molecule has 1 rings (SSSR count). The number of morpholine rings is 1. The minimum atomic E-state index is -0.833. The molecule has 138 valence electrons. The SMILES string of the molecule is CC(=O)O.CCCCCCCCCCCCC1(C)CNCCO1. The Balaban J connectivity index is 0.00000108. The lowest BCUT2D eigenvalue weighted by Crippen LogP contribution is -2.47. The lowest BCUT2D eigenvalue weighted by molar-refractivity contribution is -0.134. The fourth-order valence-corrected chi connectivity index (χ4v) is 2.92. The first-order valence-corrected chi connectivity index (χ1v) is 9.54. The fourth-order valence-electron chi connectivity index (χ4n) is 2.92. The predicted molar refractivity (Wildman–Crippen MR) is 97.0 cm³/mol. The maximum atomic E-state index is 9.00. The number of unbranched alkanes of at least 4 members (excludes halogenated alkanes) is 9. The summed E-state index contributed by atoms with van der Waals surface area (Å²) in [6.07, 6.45) is 15.3. The van der Waals surface area contributed by atoms with Gasteiger partial charge in [-0.15, -0.1) is 0 Å². The first-order valence-electron chi connectivity index (χ1n) is 9.54. The van der Waals surface area contributed by atoms with E-state index in [9.17, 15) is 0 Å². The summed E-state index contributed by atoms with van der Waals surface area (Å²) in [6.45, 7) is 8.56. The Morgan fingerprint density at radius 3 is 1.96 bits per heavy atom. The third-order valence-corrected chi connectivity index (χ3v) is 4.29. The maximum absolute atomic E-state index is 9.00. The van der Waals surface area contributed by atoms with E-state index in [2.05, 4.69) is 19.2 Å². The largest absolute Gasteiger partial charge is 0.481 e. The number of carboxylic acids is 1. The van der Waals surface area contributed by atoms with Crippen LogP contribution in [-0.4, -0.2) is 36.4 Å². The Morgan fingerprint density at radius 1 is 1.04 bits per heavy atom. The van der Waals surface area contributed by atoms with Crippen LogP contribution < -0.4 is 5.32 Å². The van der Waals surface area contributed by atoms with Gasteiger partial charge in [0.25, 0.3) is 5.97 Å². The van der Waals surface area contributed by atoms with Crippen LogP contribution >= 0.6 is 0 Å². The highest BCUT2D eigenvalue weighted by Gasteiger charge is 2.26. The molecule has 4 heteroatoms. The smallest absolute Gasteiger partial charge is 0.300 e. The van der Waals surface area contributed by atoms with Gasteiger partial charge in [-0.2, -0.15) is 0 Å². The third kappa shape index (κ3) is 16.0. The molecule has 0 amide bonds. The average molecular weight is 330 g/mol. The van der Waals surface area contributed by atoms with E-state index in [0.717, 1.165) is 26.6 Å². The van der Waals surface area contributed by atoms with Crippen molar-refractivity contribution in [1.29, 1.82) is 0 Å². The van der Waals surface area contributed by atoms with Crippen molar-refractivity contribution in [2.75, 3.05) is 19.7 Å². The lowest BCUT2D eigenvalue weighted by Gasteiger charge is -2.34. The fraction of sp³-hybridized carbons (Fsp3) is 0.947. The van der Waals surface area contributed by atoms with Gasteiger partial charge in [-0.25, -0.2) is 0 Å². The van der Waals surface area contributed by atoms with Crippen LogP contribution in [0.4, 0.5) is 0 Å². The van der Waals surface area contributed by atoms with Crippen molar-refractivity contribution in [3.8, 4) is 0 Å². The van der Waals surface area contributed by atoms with Crippen LogP contribution in [0.3, 0.4) is 0 Å². The number of aliphatic carboxylic acids is 1. The van der Waals surface area contributed by atoms with E-state index in [1.807, 2.05) is 0 Å². The molecule has 1 unspecified atom stereocenters. The summed E-state index contributed by atoms with van der Waals surface area (Å²) in [5, 5.41) is 10.9. The van der Waals surface area contributed by atoms with Gasteiger partial charge in [0.2, 0.25) is 0 Å². The van der Waals surface area contributed by atoms with E-state index < -0.39 is 5.97 Å². The molecule has 0 radical (unpaired) electrons. The van der Waals surface area contributed by atoms with Gasteiger partial charge in [-0.1, -0.05) is 71.1 Å². The van der Waals surface area contributed by atoms with Gasteiger partial charge in [0, 0.05) is 20.0 Å². The lowest BCUT2D eigenvalue weighted by atomic mass is 9.96. The monoisotopic (exact) mass is 329 g/mol. The number of nitrogens with one attached hydrogen (secondary N) is 1. The number of carbonyl (C=O) groups is 1. The van der Waals surface area contributed by atoms with Crippen LogP contribution in [0, 0.1) is 0 Å². The van der Waals surface area contributed by atoms with Gasteiger partial charge >= 0.3 is 0 Å². The Hall–Kier alpha value is -0.610. The maximum Gasteiger partial charge on any atom is 0.300 e. The molecular formula is C19H39NO3. The van der Waals surface area contributed by atoms with E-state index in [-0.39, 0.29) is 5.60 Å². The summed E-state index contributed by atoms with van der Waals surface area (Å²) in [5.74, 6) is -0.833. The molecule has 0 aromatic heterocycles. The van der Waals surface area contributed by atoms with Crippen molar-refractivity contribution >= 4 is 5.97 Å². The highest BCUT2D eigenvalue weighted by molar-refractivity contribution is 5.62. The van der Waals surface area contributed by atoms with Gasteiger partial charge in [0.05, 0.1) is 12.2 Å². The first kappa shape index (κ1) is 22.4. The third-order valence-electron chi connectivity index (χ3n) is 4.29. The summed E-state index contributed by atoms with van der Waals surface area (Å²) in [4.78, 5) is 9.00. The van der Waals surface area contributed by atoms with Gasteiger partial charge in [0.15, 0.2) is 0 Å². The quantitative estimate of drug-likeness (QED) is 0.536. The molecule has 0 saturated carbocycles. The molecule has 1 aliphatic rings. The minimum Gasteiger partial charge on any atom is -0.481 e. The summed E-state index contributed by atoms with van der Waals surface area (Å²) >= 11 is 0. The van der Waals surface area contributed by atoms with Crippen LogP contribution in [-0.2, 0) is 9.53 Å². The predicted octanol–water partition coefficient (Wildman–Crippen LogP) is 4.77. The first-order chi connectivity index (χ1) is 11.0. The van der Waals surface area contributed by atoms with Gasteiger partial charge in [-0.05, 0) is 13.3 Å². The standard InChI is InChI=1S/C17H35NO.C2H4O2/c1-3-4-5-6-7-8-9-10-11-12-13-17(2)16-18-14-15-19-17;1-2(3)4/h18H,3-16H2,1-2H3;1H3,(H,3,4). The summed E-state index contributed by atoms with van der Waals surface area (Å²) in [7, 11) is 0. The molecule has 0 bridgehead atoms. The Bertz CT molecular complexity index is 272. The number of carboxylic acid groups (broad SMARTS) is 1. The summed E-state index contributed by atoms with van der Waals surface area (Å²) in [5.41, 5.74) is 0.110. The molecule has 1 saturated heterocycles. The number of hydrogen-bond donors (Lipinski definition) is 2.